The van der Waals surface area contributed by atoms with Gasteiger partial charge in [-0.3, -0.25) is 9.69 Å². The van der Waals surface area contributed by atoms with E-state index in [0.29, 0.717) is 26.6 Å². The van der Waals surface area contributed by atoms with Gasteiger partial charge in [0.2, 0.25) is 11.9 Å². The third-order valence-corrected chi connectivity index (χ3v) is 10.2. The van der Waals surface area contributed by atoms with E-state index in [1.807, 2.05) is 18.7 Å². The quantitative estimate of drug-likeness (QED) is 0.511. The molecular formula is C23H31F3N6O4S2. The van der Waals surface area contributed by atoms with Crippen LogP contribution in [0.2, 0.25) is 0 Å². The third kappa shape index (κ3) is 5.52. The van der Waals surface area contributed by atoms with Crippen molar-refractivity contribution in [2.45, 2.75) is 48.8 Å². The number of hydrogen-bond donors (Lipinski definition) is 2. The number of carbonyl (C=O) groups excluding carboxylic acids is 1. The highest BCUT2D eigenvalue weighted by molar-refractivity contribution is 7.91. The van der Waals surface area contributed by atoms with Crippen LogP contribution in [0, 0.1) is 5.92 Å². The van der Waals surface area contributed by atoms with Gasteiger partial charge in [0, 0.05) is 57.2 Å². The Morgan fingerprint density at radius 1 is 1.21 bits per heavy atom. The van der Waals surface area contributed by atoms with Crippen LogP contribution in [0.3, 0.4) is 0 Å². The van der Waals surface area contributed by atoms with Gasteiger partial charge in [-0.05, 0) is 24.3 Å². The highest BCUT2D eigenvalue weighted by atomic mass is 32.2. The van der Waals surface area contributed by atoms with E-state index in [1.54, 1.807) is 22.4 Å². The maximum atomic E-state index is 13.3. The number of rotatable bonds is 7. The normalized spacial score (nSPS) is 23.9. The fraction of sp³-hybridized carbons (Fsp3) is 0.609. The van der Waals surface area contributed by atoms with Gasteiger partial charge in [-0.15, -0.1) is 11.3 Å². The lowest BCUT2D eigenvalue weighted by atomic mass is 9.98. The van der Waals surface area contributed by atoms with Gasteiger partial charge >= 0.3 is 6.18 Å². The van der Waals surface area contributed by atoms with Crippen LogP contribution < -0.4 is 10.2 Å². The lowest BCUT2D eigenvalue weighted by Gasteiger charge is -2.45. The van der Waals surface area contributed by atoms with Crippen LogP contribution in [0.4, 0.5) is 19.1 Å². The molecule has 0 saturated carbocycles. The fourth-order valence-corrected chi connectivity index (χ4v) is 7.43. The molecule has 4 rings (SSSR count). The molecular weight excluding hydrogens is 545 g/mol. The predicted octanol–water partition coefficient (Wildman–Crippen LogP) is 1.64. The van der Waals surface area contributed by atoms with Crippen LogP contribution in [0.1, 0.15) is 26.3 Å². The molecule has 0 aromatic carbocycles. The number of nitrogens with one attached hydrogen (secondary N) is 1. The average Bonchev–Trinajstić information content (AvgIpc) is 3.39. The van der Waals surface area contributed by atoms with E-state index in [1.165, 1.54) is 4.31 Å². The topological polar surface area (TPSA) is 119 Å². The van der Waals surface area contributed by atoms with Gasteiger partial charge in [0.25, 0.3) is 10.0 Å². The molecule has 0 aliphatic carbocycles. The number of anilines is 1. The van der Waals surface area contributed by atoms with Crippen molar-refractivity contribution in [2.24, 2.45) is 5.92 Å². The number of sulfonamides is 1. The number of alkyl halides is 3. The fourth-order valence-electron chi connectivity index (χ4n) is 4.82. The Balaban J connectivity index is 1.64. The highest BCUT2D eigenvalue weighted by Gasteiger charge is 2.51. The molecule has 2 aliphatic rings. The van der Waals surface area contributed by atoms with Crippen molar-refractivity contribution in [1.29, 1.82) is 0 Å². The van der Waals surface area contributed by atoms with Crippen molar-refractivity contribution in [2.75, 3.05) is 44.2 Å². The molecule has 1 amide bonds. The number of amides is 1. The Bertz CT molecular complexity index is 1220. The molecule has 2 aromatic rings. The summed E-state index contributed by atoms with van der Waals surface area (Å²) in [5.74, 6) is 0.0116. The molecule has 0 spiro atoms. The molecule has 3 atom stereocenters. The molecule has 1 unspecified atom stereocenters. The van der Waals surface area contributed by atoms with Gasteiger partial charge in [0.05, 0.1) is 12.1 Å². The number of aromatic nitrogens is 2. The third-order valence-electron chi connectivity index (χ3n) is 6.98. The van der Waals surface area contributed by atoms with E-state index in [4.69, 9.17) is 0 Å². The number of piperazine rings is 2. The molecule has 38 heavy (non-hydrogen) atoms. The van der Waals surface area contributed by atoms with Gasteiger partial charge in [-0.1, -0.05) is 19.9 Å². The molecule has 10 nitrogen and oxygen atoms in total. The Labute approximate surface area is 223 Å². The summed E-state index contributed by atoms with van der Waals surface area (Å²) in [7, 11) is -3.75. The lowest BCUT2D eigenvalue weighted by Crippen LogP contribution is -2.64. The van der Waals surface area contributed by atoms with E-state index in [0.717, 1.165) is 23.7 Å². The first kappa shape index (κ1) is 28.7. The molecule has 2 aliphatic heterocycles. The number of halogens is 3. The van der Waals surface area contributed by atoms with Gasteiger partial charge < -0.3 is 15.3 Å². The van der Waals surface area contributed by atoms with Crippen molar-refractivity contribution in [3.05, 3.63) is 35.5 Å². The summed E-state index contributed by atoms with van der Waals surface area (Å²) in [6.45, 7) is 6.22. The van der Waals surface area contributed by atoms with E-state index in [-0.39, 0.29) is 41.6 Å². The zero-order valence-electron chi connectivity index (χ0n) is 21.2. The van der Waals surface area contributed by atoms with E-state index in [9.17, 15) is 31.5 Å². The summed E-state index contributed by atoms with van der Waals surface area (Å²) < 4.78 is 68.0. The average molecular weight is 577 g/mol. The summed E-state index contributed by atoms with van der Waals surface area (Å²) >= 11 is 1.12. The summed E-state index contributed by atoms with van der Waals surface area (Å²) in [5, 5.41) is 14.5. The minimum absolute atomic E-state index is 0.00146. The van der Waals surface area contributed by atoms with Crippen LogP contribution in [-0.4, -0.2) is 96.1 Å². The van der Waals surface area contributed by atoms with Gasteiger partial charge in [-0.2, -0.15) is 17.5 Å². The van der Waals surface area contributed by atoms with E-state index in [2.05, 4.69) is 15.3 Å². The SMILES string of the molecule is CC(C)[C@H]1C(=O)NCCN1C[C@H]1CN(S(=O)(=O)c2cccs2)CCN1c1ncc(C(C)(O)C(F)(F)F)cn1. The molecule has 2 saturated heterocycles. The number of nitrogens with zero attached hydrogens (tertiary/aromatic N) is 5. The second-order valence-electron chi connectivity index (χ2n) is 9.96. The standard InChI is InChI=1S/C23H31F3N6O4S2/c1-15(2)19-20(33)27-6-7-30(19)13-17-14-31(38(35,36)18-5-4-10-37-18)8-9-32(17)21-28-11-16(12-29-21)22(3,34)23(24,25)26/h4-5,10-12,15,17,19,34H,6-9,13-14H2,1-3H3,(H,27,33)/t17-,19-,22?/m0/s1. The first-order valence-corrected chi connectivity index (χ1v) is 14.5. The molecule has 0 bridgehead atoms. The van der Waals surface area contributed by atoms with Crippen molar-refractivity contribution in [1.82, 2.24) is 24.5 Å². The summed E-state index contributed by atoms with van der Waals surface area (Å²) in [6, 6.07) is 2.30. The lowest BCUT2D eigenvalue weighted by molar-refractivity contribution is -0.259. The van der Waals surface area contributed by atoms with E-state index >= 15 is 0 Å². The largest absolute Gasteiger partial charge is 0.421 e. The van der Waals surface area contributed by atoms with Crippen LogP contribution >= 0.6 is 11.3 Å². The molecule has 2 aromatic heterocycles. The highest BCUT2D eigenvalue weighted by Crippen LogP contribution is 2.38. The number of carbonyl (C=O) groups is 1. The number of hydrogen-bond acceptors (Lipinski definition) is 9. The first-order valence-electron chi connectivity index (χ1n) is 12.2. The number of aliphatic hydroxyl groups is 1. The molecule has 4 heterocycles. The van der Waals surface area contributed by atoms with Gasteiger partial charge in [-0.25, -0.2) is 18.4 Å². The molecule has 2 N–H and O–H groups in total. The van der Waals surface area contributed by atoms with Crippen molar-refractivity contribution >= 4 is 33.2 Å². The zero-order chi connectivity index (χ0) is 27.9. The Hall–Kier alpha value is -2.33. The van der Waals surface area contributed by atoms with Crippen molar-refractivity contribution < 1.29 is 31.5 Å². The maximum absolute atomic E-state index is 13.3. The zero-order valence-corrected chi connectivity index (χ0v) is 22.9. The van der Waals surface area contributed by atoms with Crippen molar-refractivity contribution in [3.63, 3.8) is 0 Å². The molecule has 15 heteroatoms. The van der Waals surface area contributed by atoms with Crippen LogP contribution in [0.5, 0.6) is 0 Å². The van der Waals surface area contributed by atoms with Crippen LogP contribution in [0.15, 0.2) is 34.1 Å². The molecule has 2 fully saturated rings. The molecule has 0 radical (unpaired) electrons. The Morgan fingerprint density at radius 2 is 1.89 bits per heavy atom. The Morgan fingerprint density at radius 3 is 2.47 bits per heavy atom. The summed E-state index contributed by atoms with van der Waals surface area (Å²) in [5.41, 5.74) is -3.62. The minimum Gasteiger partial charge on any atom is -0.376 e. The minimum atomic E-state index is -4.91. The maximum Gasteiger partial charge on any atom is 0.421 e. The number of thiophene rings is 1. The predicted molar refractivity (Wildman–Crippen MR) is 135 cm³/mol. The summed E-state index contributed by atoms with van der Waals surface area (Å²) in [6.07, 6.45) is -3.04. The first-order chi connectivity index (χ1) is 17.7. The molecule has 210 valence electrons. The van der Waals surface area contributed by atoms with Gasteiger partial charge in [0.15, 0.2) is 5.60 Å². The second kappa shape index (κ2) is 10.7. The van der Waals surface area contributed by atoms with E-state index < -0.39 is 39.4 Å². The van der Waals surface area contributed by atoms with Crippen LogP contribution in [0.25, 0.3) is 0 Å². The Kier molecular flexibility index (Phi) is 8.06. The monoisotopic (exact) mass is 576 g/mol. The second-order valence-corrected chi connectivity index (χ2v) is 13.1. The smallest absolute Gasteiger partial charge is 0.376 e. The summed E-state index contributed by atoms with van der Waals surface area (Å²) in [4.78, 5) is 24.6. The van der Waals surface area contributed by atoms with Crippen LogP contribution in [-0.2, 0) is 20.4 Å². The van der Waals surface area contributed by atoms with Crippen molar-refractivity contribution in [3.8, 4) is 0 Å². The van der Waals surface area contributed by atoms with Gasteiger partial charge in [0.1, 0.15) is 4.21 Å².